The van der Waals surface area contributed by atoms with Crippen molar-refractivity contribution in [3.8, 4) is 0 Å². The first-order chi connectivity index (χ1) is 13.7. The smallest absolute Gasteiger partial charge is 0.377 e. The van der Waals surface area contributed by atoms with Crippen LogP contribution >= 0.6 is 0 Å². The van der Waals surface area contributed by atoms with Crippen molar-refractivity contribution in [3.63, 3.8) is 0 Å². The van der Waals surface area contributed by atoms with E-state index >= 15 is 0 Å². The summed E-state index contributed by atoms with van der Waals surface area (Å²) in [4.78, 5) is 15.2. The molecule has 0 amide bonds. The van der Waals surface area contributed by atoms with Gasteiger partial charge in [0.2, 0.25) is 0 Å². The first kappa shape index (κ1) is 23.5. The zero-order valence-electron chi connectivity index (χ0n) is 18.4. The summed E-state index contributed by atoms with van der Waals surface area (Å²) in [6.45, 7) is 4.06. The quantitative estimate of drug-likeness (QED) is 0.454. The summed E-state index contributed by atoms with van der Waals surface area (Å²) >= 11 is 0. The second-order valence-corrected chi connectivity index (χ2v) is 10.9. The lowest BCUT2D eigenvalue weighted by Gasteiger charge is -2.24. The number of aryl methyl sites for hydroxylation is 2. The van der Waals surface area contributed by atoms with Crippen LogP contribution in [0, 0.1) is 13.8 Å². The summed E-state index contributed by atoms with van der Waals surface area (Å²) in [7, 11) is 9.96. The van der Waals surface area contributed by atoms with Gasteiger partial charge in [0.1, 0.15) is 0 Å². The number of anilines is 1. The average Bonchev–Trinajstić information content (AvgIpc) is 2.72. The van der Waals surface area contributed by atoms with Gasteiger partial charge in [0.05, 0.1) is 10.2 Å². The Morgan fingerprint density at radius 3 is 2.07 bits per heavy atom. The largest absolute Gasteiger partial charge is 0.500 e. The van der Waals surface area contributed by atoms with E-state index in [0.717, 1.165) is 34.0 Å². The third-order valence-electron chi connectivity index (χ3n) is 5.29. The van der Waals surface area contributed by atoms with Crippen molar-refractivity contribution in [1.29, 1.82) is 0 Å². The predicted molar refractivity (Wildman–Crippen MR) is 121 cm³/mol. The second kappa shape index (κ2) is 9.82. The molecule has 0 aliphatic rings. The van der Waals surface area contributed by atoms with Crippen LogP contribution in [0.3, 0.4) is 0 Å². The van der Waals surface area contributed by atoms with Crippen molar-refractivity contribution >= 4 is 35.7 Å². The number of nitrogens with zero attached hydrogens (tertiary/aromatic N) is 1. The summed E-state index contributed by atoms with van der Waals surface area (Å²) in [5, 5.41) is 0.837. The highest BCUT2D eigenvalue weighted by Crippen LogP contribution is 2.24. The summed E-state index contributed by atoms with van der Waals surface area (Å²) in [6, 6.07) is 10.4. The third kappa shape index (κ3) is 5.05. The Labute approximate surface area is 178 Å². The molecule has 0 N–H and O–H groups in total. The molecule has 155 valence electrons. The zero-order valence-corrected chi connectivity index (χ0v) is 20.4. The molecule has 5 nitrogen and oxygen atoms in total. The van der Waals surface area contributed by atoms with E-state index in [4.69, 9.17) is 13.3 Å². The van der Waals surface area contributed by atoms with E-state index in [1.807, 2.05) is 58.3 Å². The SMILES string of the molecule is CO[Si](CCc1ccc(C(=O)c2cc(C)c(N(C)C)c(C)c2[Si])cc1)(OC)OC. The lowest BCUT2D eigenvalue weighted by atomic mass is 9.96. The molecule has 0 unspecified atom stereocenters. The van der Waals surface area contributed by atoms with Crippen molar-refractivity contribution in [2.24, 2.45) is 0 Å². The number of rotatable bonds is 9. The molecule has 0 saturated carbocycles. The van der Waals surface area contributed by atoms with Gasteiger partial charge >= 0.3 is 8.80 Å². The standard InChI is InChI=1S/C22H30NO4Si2/c1-15-14-19(22(28)16(2)20(15)23(3)4)21(24)18-10-8-17(9-11-18)12-13-29(25-5,26-6)27-7/h8-11,14H,12-13H2,1-7H3. The maximum atomic E-state index is 13.1. The Bertz CT molecular complexity index is 854. The van der Waals surface area contributed by atoms with E-state index in [0.29, 0.717) is 17.2 Å². The molecule has 29 heavy (non-hydrogen) atoms. The minimum atomic E-state index is -2.60. The van der Waals surface area contributed by atoms with Crippen molar-refractivity contribution in [3.05, 3.63) is 58.1 Å². The van der Waals surface area contributed by atoms with E-state index in [1.165, 1.54) is 0 Å². The molecule has 2 aromatic carbocycles. The maximum absolute atomic E-state index is 13.1. The van der Waals surface area contributed by atoms with Crippen LogP contribution in [0.4, 0.5) is 5.69 Å². The first-order valence-corrected chi connectivity index (χ1v) is 11.9. The minimum absolute atomic E-state index is 0.00690. The molecular formula is C22H30NO4Si2. The first-order valence-electron chi connectivity index (χ1n) is 9.52. The molecule has 0 atom stereocenters. The van der Waals surface area contributed by atoms with Crippen LogP contribution in [0.2, 0.25) is 6.04 Å². The van der Waals surface area contributed by atoms with Gasteiger partial charge in [-0.2, -0.15) is 0 Å². The number of hydrogen-bond donors (Lipinski definition) is 0. The molecule has 0 spiro atoms. The molecule has 0 aromatic heterocycles. The topological polar surface area (TPSA) is 48.0 Å². The molecule has 0 saturated heterocycles. The fourth-order valence-electron chi connectivity index (χ4n) is 3.67. The maximum Gasteiger partial charge on any atom is 0.500 e. The average molecular weight is 429 g/mol. The molecule has 2 aromatic rings. The van der Waals surface area contributed by atoms with Crippen molar-refractivity contribution < 1.29 is 18.1 Å². The Morgan fingerprint density at radius 1 is 1.03 bits per heavy atom. The van der Waals surface area contributed by atoms with Crippen LogP contribution in [0.5, 0.6) is 0 Å². The monoisotopic (exact) mass is 428 g/mol. The molecular weight excluding hydrogens is 398 g/mol. The Morgan fingerprint density at radius 2 is 1.59 bits per heavy atom. The lowest BCUT2D eigenvalue weighted by Crippen LogP contribution is -2.43. The zero-order chi connectivity index (χ0) is 21.8. The van der Waals surface area contributed by atoms with E-state index in [1.54, 1.807) is 21.3 Å². The number of carbonyl (C=O) groups is 1. The van der Waals surface area contributed by atoms with Gasteiger partial charge in [-0.05, 0) is 43.0 Å². The lowest BCUT2D eigenvalue weighted by molar-refractivity contribution is 0.103. The molecule has 0 fully saturated rings. The van der Waals surface area contributed by atoms with Crippen molar-refractivity contribution in [2.45, 2.75) is 26.3 Å². The normalized spacial score (nSPS) is 11.6. The fourth-order valence-corrected chi connectivity index (χ4v) is 5.68. The van der Waals surface area contributed by atoms with Gasteiger partial charge in [0.15, 0.2) is 5.78 Å². The van der Waals surface area contributed by atoms with Gasteiger partial charge in [-0.15, -0.1) is 0 Å². The fraction of sp³-hybridized carbons (Fsp3) is 0.409. The van der Waals surface area contributed by atoms with Crippen molar-refractivity contribution in [2.75, 3.05) is 40.3 Å². The summed E-state index contributed by atoms with van der Waals surface area (Å²) in [5.74, 6) is 0.00690. The summed E-state index contributed by atoms with van der Waals surface area (Å²) in [5.41, 5.74) is 5.72. The van der Waals surface area contributed by atoms with Crippen LogP contribution in [0.1, 0.15) is 32.6 Å². The van der Waals surface area contributed by atoms with Crippen LogP contribution in [0.25, 0.3) is 0 Å². The molecule has 0 aliphatic carbocycles. The Kier molecular flexibility index (Phi) is 7.96. The van der Waals surface area contributed by atoms with E-state index in [9.17, 15) is 4.79 Å². The van der Waals surface area contributed by atoms with Crippen LogP contribution < -0.4 is 10.1 Å². The highest BCUT2D eigenvalue weighted by Gasteiger charge is 2.37. The van der Waals surface area contributed by atoms with Gasteiger partial charge < -0.3 is 18.2 Å². The molecule has 0 bridgehead atoms. The van der Waals surface area contributed by atoms with E-state index in [2.05, 4.69) is 15.1 Å². The van der Waals surface area contributed by atoms with Gasteiger partial charge in [0, 0.05) is 58.3 Å². The second-order valence-electron chi connectivity index (χ2n) is 7.31. The number of benzene rings is 2. The highest BCUT2D eigenvalue weighted by atomic mass is 28.4. The van der Waals surface area contributed by atoms with Crippen LogP contribution in [0.15, 0.2) is 30.3 Å². The molecule has 0 heterocycles. The molecule has 3 radical (unpaired) electrons. The van der Waals surface area contributed by atoms with Gasteiger partial charge in [-0.25, -0.2) is 0 Å². The third-order valence-corrected chi connectivity index (χ3v) is 8.67. The number of carbonyl (C=O) groups excluding carboxylic acids is 1. The van der Waals surface area contributed by atoms with E-state index < -0.39 is 8.80 Å². The number of hydrogen-bond acceptors (Lipinski definition) is 5. The molecule has 0 aliphatic heterocycles. The van der Waals surface area contributed by atoms with Gasteiger partial charge in [-0.1, -0.05) is 29.5 Å². The molecule has 2 rings (SSSR count). The van der Waals surface area contributed by atoms with E-state index in [-0.39, 0.29) is 5.78 Å². The summed E-state index contributed by atoms with van der Waals surface area (Å²) < 4.78 is 16.4. The van der Waals surface area contributed by atoms with Crippen molar-refractivity contribution in [1.82, 2.24) is 0 Å². The Balaban J connectivity index is 2.23. The summed E-state index contributed by atoms with van der Waals surface area (Å²) in [6.07, 6.45) is 0.759. The highest BCUT2D eigenvalue weighted by molar-refractivity contribution is 6.60. The van der Waals surface area contributed by atoms with Gasteiger partial charge in [-0.3, -0.25) is 4.79 Å². The Hall–Kier alpha value is -1.78. The minimum Gasteiger partial charge on any atom is -0.377 e. The van der Waals surface area contributed by atoms with Crippen LogP contribution in [-0.2, 0) is 19.7 Å². The van der Waals surface area contributed by atoms with Crippen LogP contribution in [-0.4, -0.2) is 60.3 Å². The predicted octanol–water partition coefficient (Wildman–Crippen LogP) is 2.81. The van der Waals surface area contributed by atoms with Gasteiger partial charge in [0.25, 0.3) is 0 Å². The molecule has 7 heteroatoms. The number of ketones is 1.